The number of hydrogen-bond acceptors (Lipinski definition) is 1. The van der Waals surface area contributed by atoms with Gasteiger partial charge < -0.3 is 0 Å². The minimum absolute atomic E-state index is 0.363. The zero-order chi connectivity index (χ0) is 9.26. The molecule has 1 unspecified atom stereocenters. The molecule has 0 amide bonds. The molecule has 1 atom stereocenters. The summed E-state index contributed by atoms with van der Waals surface area (Å²) in [6.07, 6.45) is 2.30. The third-order valence-corrected chi connectivity index (χ3v) is 8.58. The van der Waals surface area contributed by atoms with E-state index < -0.39 is 0 Å². The average Bonchev–Trinajstić information content (AvgIpc) is 2.49. The fraction of sp³-hybridized carbons (Fsp3) is 0.100. The number of halogens is 1. The second-order valence-electron chi connectivity index (χ2n) is 2.79. The van der Waals surface area contributed by atoms with E-state index in [0.717, 1.165) is 0 Å². The summed E-state index contributed by atoms with van der Waals surface area (Å²) in [7, 11) is 1.97. The van der Waals surface area contributed by atoms with E-state index in [0.29, 0.717) is 6.69 Å². The highest BCUT2D eigenvalue weighted by molar-refractivity contribution is 14.2. The molecule has 0 radical (unpaired) electrons. The van der Waals surface area contributed by atoms with Crippen LogP contribution in [0.15, 0.2) is 36.4 Å². The van der Waals surface area contributed by atoms with E-state index in [4.69, 9.17) is 0 Å². The molecule has 0 nitrogen and oxygen atoms in total. The maximum Gasteiger partial charge on any atom is 0.0265 e. The SMILES string of the molecule is CC1=S(I)SC(c2ccccc2)=C1. The van der Waals surface area contributed by atoms with Crippen LogP contribution in [0, 0.1) is 0 Å². The molecule has 68 valence electrons. The van der Waals surface area contributed by atoms with E-state index in [1.807, 2.05) is 10.8 Å². The van der Waals surface area contributed by atoms with Gasteiger partial charge in [0, 0.05) is 26.1 Å². The minimum Gasteiger partial charge on any atom is -0.0622 e. The molecule has 0 saturated carbocycles. The standard InChI is InChI=1S/C10H9IS2/c1-8-7-10(12-13(8)11)9-5-3-2-4-6-9/h2-7H,1H3. The zero-order valence-electron chi connectivity index (χ0n) is 7.16. The Balaban J connectivity index is 2.29. The minimum atomic E-state index is 0.363. The summed E-state index contributed by atoms with van der Waals surface area (Å²) in [6, 6.07) is 10.6. The second-order valence-corrected chi connectivity index (χ2v) is 10.4. The van der Waals surface area contributed by atoms with Crippen molar-refractivity contribution in [2.45, 2.75) is 6.92 Å². The Kier molecular flexibility index (Phi) is 3.16. The topological polar surface area (TPSA) is 0 Å². The van der Waals surface area contributed by atoms with E-state index >= 15 is 0 Å². The highest BCUT2D eigenvalue weighted by Gasteiger charge is 2.11. The molecular weight excluding hydrogens is 311 g/mol. The lowest BCUT2D eigenvalue weighted by Gasteiger charge is -2.00. The first-order valence-corrected chi connectivity index (χ1v) is 9.07. The van der Waals surface area contributed by atoms with E-state index in [9.17, 15) is 0 Å². The highest BCUT2D eigenvalue weighted by Crippen LogP contribution is 2.52. The second kappa shape index (κ2) is 4.19. The van der Waals surface area contributed by atoms with Gasteiger partial charge in [-0.25, -0.2) is 0 Å². The lowest BCUT2D eigenvalue weighted by molar-refractivity contribution is 1.66. The van der Waals surface area contributed by atoms with Crippen molar-refractivity contribution in [1.29, 1.82) is 0 Å². The Morgan fingerprint density at radius 2 is 1.92 bits per heavy atom. The quantitative estimate of drug-likeness (QED) is 0.417. The van der Waals surface area contributed by atoms with Crippen LogP contribution < -0.4 is 0 Å². The Hall–Kier alpha value is 0.260. The van der Waals surface area contributed by atoms with Crippen LogP contribution >= 0.6 is 38.7 Å². The molecule has 1 aliphatic rings. The monoisotopic (exact) mass is 320 g/mol. The smallest absolute Gasteiger partial charge is 0.0265 e. The largest absolute Gasteiger partial charge is 0.0622 e. The summed E-state index contributed by atoms with van der Waals surface area (Å²) in [5.41, 5.74) is 1.35. The van der Waals surface area contributed by atoms with Crippen molar-refractivity contribution in [3.63, 3.8) is 0 Å². The molecule has 0 spiro atoms. The van der Waals surface area contributed by atoms with Gasteiger partial charge in [0.1, 0.15) is 0 Å². The fourth-order valence-corrected chi connectivity index (χ4v) is 5.73. The lowest BCUT2D eigenvalue weighted by Crippen LogP contribution is -1.78. The Morgan fingerprint density at radius 3 is 2.46 bits per heavy atom. The summed E-state index contributed by atoms with van der Waals surface area (Å²) in [5, 5.41) is 0. The fourth-order valence-electron chi connectivity index (χ4n) is 1.13. The van der Waals surface area contributed by atoms with Crippen LogP contribution in [0.25, 0.3) is 4.91 Å². The van der Waals surface area contributed by atoms with Crippen LogP contribution in [-0.2, 0) is 0 Å². The van der Waals surface area contributed by atoms with Crippen LogP contribution in [0.2, 0.25) is 0 Å². The van der Waals surface area contributed by atoms with Crippen molar-refractivity contribution in [2.24, 2.45) is 0 Å². The first kappa shape index (κ1) is 9.80. The van der Waals surface area contributed by atoms with Gasteiger partial charge in [0.05, 0.1) is 0 Å². The Morgan fingerprint density at radius 1 is 1.23 bits per heavy atom. The van der Waals surface area contributed by atoms with E-state index in [1.54, 1.807) is 0 Å². The summed E-state index contributed by atoms with van der Waals surface area (Å²) < 4.78 is 0. The third kappa shape index (κ3) is 2.19. The van der Waals surface area contributed by atoms with Crippen molar-refractivity contribution < 1.29 is 0 Å². The van der Waals surface area contributed by atoms with Gasteiger partial charge in [-0.05, 0) is 23.4 Å². The average molecular weight is 320 g/mol. The van der Waals surface area contributed by atoms with Gasteiger partial charge in [0.25, 0.3) is 0 Å². The number of benzene rings is 1. The van der Waals surface area contributed by atoms with Gasteiger partial charge in [0.2, 0.25) is 0 Å². The normalized spacial score (nSPS) is 21.8. The van der Waals surface area contributed by atoms with Crippen molar-refractivity contribution in [3.8, 4) is 0 Å². The molecule has 0 fully saturated rings. The summed E-state index contributed by atoms with van der Waals surface area (Å²) in [4.78, 5) is 2.90. The molecule has 13 heavy (non-hydrogen) atoms. The van der Waals surface area contributed by atoms with Gasteiger partial charge in [-0.2, -0.15) is 0 Å². The lowest BCUT2D eigenvalue weighted by atomic mass is 10.2. The first-order valence-electron chi connectivity index (χ1n) is 3.97. The maximum atomic E-state index is 2.50. The van der Waals surface area contributed by atoms with Crippen molar-refractivity contribution >= 4 is 48.5 Å². The van der Waals surface area contributed by atoms with Gasteiger partial charge in [0.15, 0.2) is 0 Å². The first-order chi connectivity index (χ1) is 6.27. The van der Waals surface area contributed by atoms with Gasteiger partial charge in [-0.15, -0.1) is 0 Å². The van der Waals surface area contributed by atoms with Crippen molar-refractivity contribution in [3.05, 3.63) is 42.0 Å². The molecule has 0 aromatic heterocycles. The van der Waals surface area contributed by atoms with Gasteiger partial charge in [-0.3, -0.25) is 0 Å². The van der Waals surface area contributed by atoms with Crippen LogP contribution in [0.4, 0.5) is 0 Å². The number of hydrogen-bond donors (Lipinski definition) is 0. The molecule has 1 aliphatic heterocycles. The molecule has 1 aromatic carbocycles. The molecule has 0 bridgehead atoms. The molecule has 2 rings (SSSR count). The number of rotatable bonds is 1. The Bertz CT molecular complexity index is 379. The third-order valence-electron chi connectivity index (χ3n) is 1.81. The van der Waals surface area contributed by atoms with Crippen LogP contribution in [-0.4, -0.2) is 4.86 Å². The van der Waals surface area contributed by atoms with Crippen LogP contribution in [0.3, 0.4) is 0 Å². The van der Waals surface area contributed by atoms with Gasteiger partial charge in [-0.1, -0.05) is 47.8 Å². The number of allylic oxidation sites excluding steroid dienone is 1. The molecule has 0 aliphatic carbocycles. The predicted molar refractivity (Wildman–Crippen MR) is 74.3 cm³/mol. The van der Waals surface area contributed by atoms with E-state index in [1.165, 1.54) is 15.3 Å². The summed E-state index contributed by atoms with van der Waals surface area (Å²) >= 11 is 2.50. The zero-order valence-corrected chi connectivity index (χ0v) is 10.9. The van der Waals surface area contributed by atoms with Crippen LogP contribution in [0.1, 0.15) is 12.5 Å². The molecule has 3 heteroatoms. The van der Waals surface area contributed by atoms with Crippen molar-refractivity contribution in [1.82, 2.24) is 0 Å². The van der Waals surface area contributed by atoms with E-state index in [2.05, 4.69) is 64.5 Å². The van der Waals surface area contributed by atoms with Gasteiger partial charge >= 0.3 is 0 Å². The van der Waals surface area contributed by atoms with Crippen molar-refractivity contribution in [2.75, 3.05) is 0 Å². The molecule has 1 heterocycles. The molecular formula is C10H9IS2. The summed E-state index contributed by atoms with van der Waals surface area (Å²) in [6.45, 7) is 2.57. The maximum absolute atomic E-state index is 2.50. The molecule has 0 N–H and O–H groups in total. The molecule has 0 saturated heterocycles. The van der Waals surface area contributed by atoms with E-state index in [-0.39, 0.29) is 0 Å². The van der Waals surface area contributed by atoms with Crippen LogP contribution in [0.5, 0.6) is 0 Å². The summed E-state index contributed by atoms with van der Waals surface area (Å²) in [5.74, 6) is 0. The highest BCUT2D eigenvalue weighted by atomic mass is 127. The Labute approximate surface area is 96.7 Å². The predicted octanol–water partition coefficient (Wildman–Crippen LogP) is 4.50. The molecule has 1 aromatic rings.